The van der Waals surface area contributed by atoms with E-state index in [0.29, 0.717) is 12.8 Å². The minimum atomic E-state index is -0.935. The third kappa shape index (κ3) is 17.8. The first-order valence-electron chi connectivity index (χ1n) is 11.3. The Bertz CT molecular complexity index is 393. The molecule has 0 fully saturated rings. The van der Waals surface area contributed by atoms with Gasteiger partial charge in [0.15, 0.2) is 0 Å². The van der Waals surface area contributed by atoms with Gasteiger partial charge in [-0.15, -0.1) is 0 Å². The lowest BCUT2D eigenvalue weighted by molar-refractivity contribution is -0.142. The quantitative estimate of drug-likeness (QED) is 0.201. The molecule has 0 aromatic carbocycles. The molecule has 0 aliphatic carbocycles. The summed E-state index contributed by atoms with van der Waals surface area (Å²) in [5.41, 5.74) is 0. The van der Waals surface area contributed by atoms with Crippen molar-refractivity contribution < 1.29 is 14.7 Å². The maximum atomic E-state index is 11.8. The summed E-state index contributed by atoms with van der Waals surface area (Å²) in [6, 6.07) is -0.731. The van der Waals surface area contributed by atoms with Crippen molar-refractivity contribution in [1.29, 1.82) is 0 Å². The number of unbranched alkanes of at least 4 members (excludes halogenated alkanes) is 11. The van der Waals surface area contributed by atoms with Gasteiger partial charge in [0.25, 0.3) is 0 Å². The average molecular weight is 382 g/mol. The zero-order valence-electron chi connectivity index (χ0n) is 17.8. The van der Waals surface area contributed by atoms with Crippen LogP contribution in [0.2, 0.25) is 0 Å². The number of aliphatic carboxylic acids is 1. The first-order valence-corrected chi connectivity index (χ1v) is 11.3. The second-order valence-electron chi connectivity index (χ2n) is 7.58. The van der Waals surface area contributed by atoms with Crippen molar-refractivity contribution in [3.05, 3.63) is 12.2 Å². The van der Waals surface area contributed by atoms with Gasteiger partial charge in [-0.25, -0.2) is 4.79 Å². The first kappa shape index (κ1) is 25.7. The van der Waals surface area contributed by atoms with Crippen LogP contribution in [0.25, 0.3) is 0 Å². The molecule has 0 heterocycles. The van der Waals surface area contributed by atoms with Crippen molar-refractivity contribution in [3.8, 4) is 0 Å². The number of carboxylic acid groups (broad SMARTS) is 1. The molecule has 0 radical (unpaired) electrons. The molecule has 0 aliphatic rings. The highest BCUT2D eigenvalue weighted by Gasteiger charge is 2.18. The van der Waals surface area contributed by atoms with Gasteiger partial charge in [0.05, 0.1) is 0 Å². The van der Waals surface area contributed by atoms with Crippen LogP contribution < -0.4 is 5.32 Å². The molecule has 1 amide bonds. The van der Waals surface area contributed by atoms with Crippen LogP contribution in [0.4, 0.5) is 0 Å². The fourth-order valence-electron chi connectivity index (χ4n) is 3.17. The Kier molecular flexibility index (Phi) is 18.5. The molecule has 0 aliphatic heterocycles. The molecule has 1 atom stereocenters. The molecule has 0 bridgehead atoms. The van der Waals surface area contributed by atoms with E-state index < -0.39 is 12.0 Å². The van der Waals surface area contributed by atoms with Gasteiger partial charge in [-0.3, -0.25) is 4.79 Å². The SMILES string of the molecule is CCCCCCCC/C=C\CCCCCCCC(=O)NC(CCC)C(=O)O. The number of hydrogen-bond acceptors (Lipinski definition) is 2. The van der Waals surface area contributed by atoms with Crippen molar-refractivity contribution in [3.63, 3.8) is 0 Å². The molecule has 0 rings (SSSR count). The summed E-state index contributed by atoms with van der Waals surface area (Å²) >= 11 is 0. The predicted molar refractivity (Wildman–Crippen MR) is 114 cm³/mol. The van der Waals surface area contributed by atoms with Gasteiger partial charge in [-0.05, 0) is 38.5 Å². The molecular formula is C23H43NO3. The highest BCUT2D eigenvalue weighted by molar-refractivity contribution is 5.83. The number of amides is 1. The molecule has 4 nitrogen and oxygen atoms in total. The molecule has 27 heavy (non-hydrogen) atoms. The van der Waals surface area contributed by atoms with E-state index in [0.717, 1.165) is 32.1 Å². The Hall–Kier alpha value is -1.32. The average Bonchev–Trinajstić information content (AvgIpc) is 2.64. The van der Waals surface area contributed by atoms with E-state index in [2.05, 4.69) is 24.4 Å². The third-order valence-electron chi connectivity index (χ3n) is 4.88. The lowest BCUT2D eigenvalue weighted by Gasteiger charge is -2.13. The number of allylic oxidation sites excluding steroid dienone is 2. The second kappa shape index (κ2) is 19.4. The highest BCUT2D eigenvalue weighted by atomic mass is 16.4. The van der Waals surface area contributed by atoms with Crippen LogP contribution in [-0.4, -0.2) is 23.0 Å². The number of rotatable bonds is 19. The largest absolute Gasteiger partial charge is 0.480 e. The smallest absolute Gasteiger partial charge is 0.326 e. The minimum Gasteiger partial charge on any atom is -0.480 e. The topological polar surface area (TPSA) is 66.4 Å². The van der Waals surface area contributed by atoms with Crippen molar-refractivity contribution in [2.45, 2.75) is 123 Å². The number of nitrogens with one attached hydrogen (secondary N) is 1. The summed E-state index contributed by atoms with van der Waals surface area (Å²) in [6.45, 7) is 4.18. The number of hydrogen-bond donors (Lipinski definition) is 2. The van der Waals surface area contributed by atoms with Gasteiger partial charge < -0.3 is 10.4 Å². The highest BCUT2D eigenvalue weighted by Crippen LogP contribution is 2.10. The molecule has 4 heteroatoms. The standard InChI is InChI=1S/C23H43NO3/c1-3-5-6-7-8-9-10-11-12-13-14-15-16-17-18-20-22(25)24-21(19-4-2)23(26)27/h11-12,21H,3-10,13-20H2,1-2H3,(H,24,25)(H,26,27)/b12-11-. The zero-order chi connectivity index (χ0) is 20.2. The number of carbonyl (C=O) groups is 2. The second-order valence-corrected chi connectivity index (χ2v) is 7.58. The van der Waals surface area contributed by atoms with Crippen molar-refractivity contribution >= 4 is 11.9 Å². The zero-order valence-corrected chi connectivity index (χ0v) is 17.8. The van der Waals surface area contributed by atoms with E-state index in [9.17, 15) is 9.59 Å². The summed E-state index contributed by atoms with van der Waals surface area (Å²) in [5, 5.41) is 11.7. The van der Waals surface area contributed by atoms with Crippen molar-refractivity contribution in [2.24, 2.45) is 0 Å². The van der Waals surface area contributed by atoms with E-state index in [1.165, 1.54) is 57.8 Å². The van der Waals surface area contributed by atoms with E-state index in [-0.39, 0.29) is 5.91 Å². The normalized spacial score (nSPS) is 12.4. The van der Waals surface area contributed by atoms with Gasteiger partial charge in [-0.1, -0.05) is 83.8 Å². The van der Waals surface area contributed by atoms with Crippen LogP contribution in [0.15, 0.2) is 12.2 Å². The molecule has 1 unspecified atom stereocenters. The van der Waals surface area contributed by atoms with E-state index >= 15 is 0 Å². The predicted octanol–water partition coefficient (Wildman–Crippen LogP) is 6.39. The fourth-order valence-corrected chi connectivity index (χ4v) is 3.17. The van der Waals surface area contributed by atoms with E-state index in [1.54, 1.807) is 0 Å². The maximum absolute atomic E-state index is 11.8. The Morgan fingerprint density at radius 1 is 0.778 bits per heavy atom. The Morgan fingerprint density at radius 3 is 1.81 bits per heavy atom. The van der Waals surface area contributed by atoms with Crippen molar-refractivity contribution in [2.75, 3.05) is 0 Å². The maximum Gasteiger partial charge on any atom is 0.326 e. The van der Waals surface area contributed by atoms with Gasteiger partial charge in [0, 0.05) is 6.42 Å². The first-order chi connectivity index (χ1) is 13.1. The van der Waals surface area contributed by atoms with Crippen LogP contribution in [0.1, 0.15) is 117 Å². The third-order valence-corrected chi connectivity index (χ3v) is 4.88. The molecule has 0 aromatic heterocycles. The van der Waals surface area contributed by atoms with Gasteiger partial charge in [0.2, 0.25) is 5.91 Å². The van der Waals surface area contributed by atoms with Gasteiger partial charge in [-0.2, -0.15) is 0 Å². The lowest BCUT2D eigenvalue weighted by Crippen LogP contribution is -2.40. The molecule has 0 saturated carbocycles. The summed E-state index contributed by atoms with van der Waals surface area (Å²) < 4.78 is 0. The summed E-state index contributed by atoms with van der Waals surface area (Å²) in [6.07, 6.45) is 22.3. The van der Waals surface area contributed by atoms with Crippen LogP contribution in [0, 0.1) is 0 Å². The fraction of sp³-hybridized carbons (Fsp3) is 0.826. The molecule has 0 spiro atoms. The van der Waals surface area contributed by atoms with Crippen molar-refractivity contribution in [1.82, 2.24) is 5.32 Å². The Labute approximate surface area is 167 Å². The van der Waals surface area contributed by atoms with E-state index in [1.807, 2.05) is 6.92 Å². The van der Waals surface area contributed by atoms with E-state index in [4.69, 9.17) is 5.11 Å². The summed E-state index contributed by atoms with van der Waals surface area (Å²) in [4.78, 5) is 22.8. The molecule has 0 aromatic rings. The monoisotopic (exact) mass is 381 g/mol. The van der Waals surface area contributed by atoms with Crippen LogP contribution in [0.3, 0.4) is 0 Å². The molecule has 158 valence electrons. The molecular weight excluding hydrogens is 338 g/mol. The summed E-state index contributed by atoms with van der Waals surface area (Å²) in [5.74, 6) is -1.07. The Morgan fingerprint density at radius 2 is 1.30 bits per heavy atom. The summed E-state index contributed by atoms with van der Waals surface area (Å²) in [7, 11) is 0. The van der Waals surface area contributed by atoms with Crippen LogP contribution in [-0.2, 0) is 9.59 Å². The number of carboxylic acids is 1. The van der Waals surface area contributed by atoms with Gasteiger partial charge in [0.1, 0.15) is 6.04 Å². The Balaban J connectivity index is 3.42. The van der Waals surface area contributed by atoms with Gasteiger partial charge >= 0.3 is 5.97 Å². The van der Waals surface area contributed by atoms with Crippen LogP contribution in [0.5, 0.6) is 0 Å². The molecule has 2 N–H and O–H groups in total. The molecule has 0 saturated heterocycles. The lowest BCUT2D eigenvalue weighted by atomic mass is 10.1. The number of carbonyl (C=O) groups excluding carboxylic acids is 1. The minimum absolute atomic E-state index is 0.131. The van der Waals surface area contributed by atoms with Crippen LogP contribution >= 0.6 is 0 Å².